The molecule has 0 aliphatic rings. The summed E-state index contributed by atoms with van der Waals surface area (Å²) >= 11 is 7.63. The van der Waals surface area contributed by atoms with Crippen LogP contribution >= 0.6 is 34.7 Å². The Hall–Kier alpha value is -1.36. The average molecular weight is 366 g/mol. The molecule has 2 rings (SSSR count). The number of anilines is 1. The summed E-state index contributed by atoms with van der Waals surface area (Å²) in [5.74, 6) is -1.16. The summed E-state index contributed by atoms with van der Waals surface area (Å²) in [6.07, 6.45) is 0. The molecule has 0 saturated heterocycles. The SMILES string of the molecule is O=C(O)CSc1nnc(NS(=O)(=O)c2ccc(Cl)cc2)s1. The van der Waals surface area contributed by atoms with Crippen LogP contribution in [0.4, 0.5) is 5.13 Å². The summed E-state index contributed by atoms with van der Waals surface area (Å²) in [4.78, 5) is 10.5. The Morgan fingerprint density at radius 3 is 2.62 bits per heavy atom. The lowest BCUT2D eigenvalue weighted by atomic mass is 10.4. The van der Waals surface area contributed by atoms with Crippen molar-refractivity contribution >= 4 is 55.8 Å². The molecule has 1 aromatic heterocycles. The fourth-order valence-corrected chi connectivity index (χ4v) is 4.05. The first-order valence-corrected chi connectivity index (χ1v) is 8.99. The van der Waals surface area contributed by atoms with E-state index < -0.39 is 16.0 Å². The number of nitrogens with zero attached hydrogens (tertiary/aromatic N) is 2. The lowest BCUT2D eigenvalue weighted by Gasteiger charge is -2.04. The maximum atomic E-state index is 12.1. The van der Waals surface area contributed by atoms with Crippen molar-refractivity contribution < 1.29 is 18.3 Å². The molecule has 21 heavy (non-hydrogen) atoms. The molecule has 2 aromatic rings. The van der Waals surface area contributed by atoms with Gasteiger partial charge in [-0.15, -0.1) is 10.2 Å². The second-order valence-electron chi connectivity index (χ2n) is 3.61. The van der Waals surface area contributed by atoms with E-state index in [0.29, 0.717) is 9.36 Å². The molecule has 0 saturated carbocycles. The second kappa shape index (κ2) is 6.60. The smallest absolute Gasteiger partial charge is 0.313 e. The van der Waals surface area contributed by atoms with Crippen LogP contribution in [0.5, 0.6) is 0 Å². The lowest BCUT2D eigenvalue weighted by Crippen LogP contribution is -2.12. The minimum atomic E-state index is -3.77. The molecule has 0 spiro atoms. The van der Waals surface area contributed by atoms with E-state index in [-0.39, 0.29) is 15.8 Å². The van der Waals surface area contributed by atoms with Gasteiger partial charge in [0.25, 0.3) is 10.0 Å². The molecular formula is C10H8ClN3O4S3. The van der Waals surface area contributed by atoms with Crippen molar-refractivity contribution in [1.29, 1.82) is 0 Å². The maximum Gasteiger partial charge on any atom is 0.313 e. The first kappa shape index (κ1) is 16.0. The Balaban J connectivity index is 2.10. The van der Waals surface area contributed by atoms with Gasteiger partial charge in [-0.05, 0) is 24.3 Å². The van der Waals surface area contributed by atoms with E-state index in [4.69, 9.17) is 16.7 Å². The number of carboxylic acids is 1. The molecule has 0 aliphatic heterocycles. The Bertz CT molecular complexity index is 745. The third kappa shape index (κ3) is 4.56. The summed E-state index contributed by atoms with van der Waals surface area (Å²) in [6, 6.07) is 5.66. The summed E-state index contributed by atoms with van der Waals surface area (Å²) in [5.41, 5.74) is 0. The van der Waals surface area contributed by atoms with E-state index in [1.807, 2.05) is 0 Å². The number of nitrogens with one attached hydrogen (secondary N) is 1. The highest BCUT2D eigenvalue weighted by molar-refractivity contribution is 8.01. The minimum absolute atomic E-state index is 0.0434. The number of benzene rings is 1. The molecule has 0 amide bonds. The Morgan fingerprint density at radius 1 is 1.33 bits per heavy atom. The molecule has 1 heterocycles. The van der Waals surface area contributed by atoms with Crippen molar-refractivity contribution in [1.82, 2.24) is 10.2 Å². The van der Waals surface area contributed by atoms with Gasteiger partial charge in [0, 0.05) is 5.02 Å². The molecule has 2 N–H and O–H groups in total. The highest BCUT2D eigenvalue weighted by atomic mass is 35.5. The van der Waals surface area contributed by atoms with Crippen LogP contribution in [0.3, 0.4) is 0 Å². The van der Waals surface area contributed by atoms with Crippen LogP contribution in [0, 0.1) is 0 Å². The van der Waals surface area contributed by atoms with Crippen molar-refractivity contribution in [2.75, 3.05) is 10.5 Å². The molecule has 112 valence electrons. The quantitative estimate of drug-likeness (QED) is 0.755. The minimum Gasteiger partial charge on any atom is -0.481 e. The monoisotopic (exact) mass is 365 g/mol. The number of sulfonamides is 1. The highest BCUT2D eigenvalue weighted by Gasteiger charge is 2.17. The van der Waals surface area contributed by atoms with Crippen LogP contribution in [-0.4, -0.2) is 35.4 Å². The molecular weight excluding hydrogens is 358 g/mol. The molecule has 0 aliphatic carbocycles. The summed E-state index contributed by atoms with van der Waals surface area (Å²) in [7, 11) is -3.77. The molecule has 0 atom stereocenters. The highest BCUT2D eigenvalue weighted by Crippen LogP contribution is 2.27. The van der Waals surface area contributed by atoms with E-state index >= 15 is 0 Å². The number of halogens is 1. The van der Waals surface area contributed by atoms with Gasteiger partial charge in [-0.2, -0.15) is 0 Å². The van der Waals surface area contributed by atoms with Gasteiger partial charge < -0.3 is 5.11 Å². The van der Waals surface area contributed by atoms with Gasteiger partial charge in [0.05, 0.1) is 10.6 Å². The van der Waals surface area contributed by atoms with Crippen LogP contribution in [0.2, 0.25) is 5.02 Å². The normalized spacial score (nSPS) is 11.3. The number of thioether (sulfide) groups is 1. The average Bonchev–Trinajstić information content (AvgIpc) is 2.84. The number of aromatic nitrogens is 2. The number of hydrogen-bond acceptors (Lipinski definition) is 7. The molecule has 0 bridgehead atoms. The molecule has 11 heteroatoms. The van der Waals surface area contributed by atoms with Crippen molar-refractivity contribution in [3.63, 3.8) is 0 Å². The number of hydrogen-bond donors (Lipinski definition) is 2. The van der Waals surface area contributed by atoms with E-state index in [1.54, 1.807) is 0 Å². The predicted molar refractivity (Wildman–Crippen MR) is 80.5 cm³/mol. The van der Waals surface area contributed by atoms with Crippen LogP contribution in [0.25, 0.3) is 0 Å². The first-order chi connectivity index (χ1) is 9.87. The van der Waals surface area contributed by atoms with Crippen molar-refractivity contribution in [3.8, 4) is 0 Å². The van der Waals surface area contributed by atoms with Gasteiger partial charge in [-0.25, -0.2) is 8.42 Å². The second-order valence-corrected chi connectivity index (χ2v) is 7.93. The predicted octanol–water partition coefficient (Wildman–Crippen LogP) is 2.17. The van der Waals surface area contributed by atoms with Gasteiger partial charge in [-0.1, -0.05) is 34.7 Å². The number of rotatable bonds is 6. The lowest BCUT2D eigenvalue weighted by molar-refractivity contribution is -0.133. The topological polar surface area (TPSA) is 109 Å². The van der Waals surface area contributed by atoms with Crippen LogP contribution in [-0.2, 0) is 14.8 Å². The Kier molecular flexibility index (Phi) is 5.04. The fourth-order valence-electron chi connectivity index (χ4n) is 1.22. The third-order valence-corrected chi connectivity index (χ3v) is 5.76. The number of aliphatic carboxylic acids is 1. The zero-order valence-corrected chi connectivity index (χ0v) is 13.4. The Labute approximate surface area is 133 Å². The zero-order valence-electron chi connectivity index (χ0n) is 10.2. The summed E-state index contributed by atoms with van der Waals surface area (Å²) in [5, 5.41) is 16.4. The van der Waals surface area contributed by atoms with Crippen molar-refractivity contribution in [2.45, 2.75) is 9.24 Å². The standard InChI is InChI=1S/C10H8ClN3O4S3/c11-6-1-3-7(4-2-6)21(17,18)14-9-12-13-10(20-9)19-5-8(15)16/h1-4H,5H2,(H,12,14)(H,15,16). The molecule has 7 nitrogen and oxygen atoms in total. The molecule has 0 fully saturated rings. The largest absolute Gasteiger partial charge is 0.481 e. The van der Waals surface area contributed by atoms with Crippen molar-refractivity contribution in [3.05, 3.63) is 29.3 Å². The summed E-state index contributed by atoms with van der Waals surface area (Å²) < 4.78 is 26.8. The Morgan fingerprint density at radius 2 is 2.00 bits per heavy atom. The molecule has 1 aromatic carbocycles. The van der Waals surface area contributed by atoms with Crippen LogP contribution in [0.15, 0.2) is 33.5 Å². The molecule has 0 radical (unpaired) electrons. The zero-order chi connectivity index (χ0) is 15.5. The van der Waals surface area contributed by atoms with Crippen LogP contribution < -0.4 is 4.72 Å². The number of carbonyl (C=O) groups is 1. The van der Waals surface area contributed by atoms with E-state index in [9.17, 15) is 13.2 Å². The van der Waals surface area contributed by atoms with Gasteiger partial charge in [0.1, 0.15) is 0 Å². The van der Waals surface area contributed by atoms with E-state index in [1.165, 1.54) is 24.3 Å². The number of carboxylic acid groups (broad SMARTS) is 1. The van der Waals surface area contributed by atoms with Gasteiger partial charge in [0.15, 0.2) is 4.34 Å². The maximum absolute atomic E-state index is 12.1. The van der Waals surface area contributed by atoms with Crippen LogP contribution in [0.1, 0.15) is 0 Å². The van der Waals surface area contributed by atoms with Crippen molar-refractivity contribution in [2.24, 2.45) is 0 Å². The third-order valence-electron chi connectivity index (χ3n) is 2.07. The van der Waals surface area contributed by atoms with E-state index in [2.05, 4.69) is 14.9 Å². The van der Waals surface area contributed by atoms with E-state index in [0.717, 1.165) is 23.1 Å². The first-order valence-electron chi connectivity index (χ1n) is 5.33. The van der Waals surface area contributed by atoms with Gasteiger partial charge in [0.2, 0.25) is 5.13 Å². The fraction of sp³-hybridized carbons (Fsp3) is 0.100. The van der Waals surface area contributed by atoms with Gasteiger partial charge >= 0.3 is 5.97 Å². The van der Waals surface area contributed by atoms with Gasteiger partial charge in [-0.3, -0.25) is 9.52 Å². The molecule has 0 unspecified atom stereocenters. The summed E-state index contributed by atoms with van der Waals surface area (Å²) in [6.45, 7) is 0.